The van der Waals surface area contributed by atoms with E-state index in [0.717, 1.165) is 51.0 Å². The van der Waals surface area contributed by atoms with E-state index in [4.69, 9.17) is 22.8 Å². The van der Waals surface area contributed by atoms with Crippen LogP contribution in [-0.4, -0.2) is 105 Å². The lowest BCUT2D eigenvalue weighted by Crippen LogP contribution is -2.46. The Balaban J connectivity index is 4.39. The van der Waals surface area contributed by atoms with Crippen molar-refractivity contribution in [3.05, 3.63) is 24.3 Å². The highest BCUT2D eigenvalue weighted by Crippen LogP contribution is 2.18. The minimum atomic E-state index is -2.47. The van der Waals surface area contributed by atoms with Crippen LogP contribution in [0.4, 0.5) is 9.59 Å². The molecule has 0 bridgehead atoms. The molecule has 0 unspecified atom stereocenters. The van der Waals surface area contributed by atoms with Gasteiger partial charge in [0, 0.05) is 58.2 Å². The van der Waals surface area contributed by atoms with Crippen molar-refractivity contribution in [3.8, 4) is 0 Å². The second-order valence-corrected chi connectivity index (χ2v) is 13.6. The molecule has 14 heteroatoms. The van der Waals surface area contributed by atoms with E-state index in [1.165, 1.54) is 12.8 Å². The number of nitrogens with zero attached hydrogens (tertiary/aromatic N) is 1. The van der Waals surface area contributed by atoms with Gasteiger partial charge in [-0.2, -0.15) is 0 Å². The molecule has 0 aromatic heterocycles. The number of unbranched alkanes of at least 4 members (excludes halogenated alkanes) is 8. The first kappa shape index (κ1) is 41.1. The van der Waals surface area contributed by atoms with Gasteiger partial charge in [-0.3, -0.25) is 0 Å². The third-order valence-electron chi connectivity index (χ3n) is 6.73. The molecule has 44 heavy (non-hydrogen) atoms. The topological polar surface area (TPSA) is 154 Å². The van der Waals surface area contributed by atoms with Crippen LogP contribution in [0.15, 0.2) is 24.3 Å². The van der Waals surface area contributed by atoms with E-state index in [1.807, 2.05) is 0 Å². The number of hydrogen-bond acceptors (Lipinski definition) is 9. The van der Waals surface area contributed by atoms with Crippen LogP contribution < -0.4 is 16.0 Å². The quantitative estimate of drug-likeness (QED) is 0.0550. The molecule has 0 aromatic rings. The summed E-state index contributed by atoms with van der Waals surface area (Å²) in [7, 11) is 2.45. The normalized spacial score (nSPS) is 10.9. The third kappa shape index (κ3) is 20.1. The maximum absolute atomic E-state index is 12.8. The molecule has 3 N–H and O–H groups in total. The first-order chi connectivity index (χ1) is 21.0. The van der Waals surface area contributed by atoms with Crippen molar-refractivity contribution >= 4 is 32.8 Å². The molecule has 13 nitrogen and oxygen atoms in total. The van der Waals surface area contributed by atoms with Crippen LogP contribution in [0.5, 0.6) is 0 Å². The molecular weight excluding hydrogens is 588 g/mol. The molecule has 0 fully saturated rings. The number of esters is 2. The predicted molar refractivity (Wildman–Crippen MR) is 171 cm³/mol. The van der Waals surface area contributed by atoms with Crippen LogP contribution in [0, 0.1) is 0 Å². The second-order valence-electron chi connectivity index (χ2n) is 10.5. The average molecular weight is 645 g/mol. The van der Waals surface area contributed by atoms with Gasteiger partial charge in [0.2, 0.25) is 0 Å². The van der Waals surface area contributed by atoms with Crippen LogP contribution in [0.2, 0.25) is 6.04 Å². The standard InChI is InChI=1S/C30H56N4O9Si/c1-25(2)27(35)42-22-18-32-29(37)31-17-21-34(30(38)33-19-23-43-28(36)26(3)4)20-15-13-11-9-8-10-12-14-16-24-44(39-5,40-6)41-7/h1,3,8-24H2,2,4-7H3,(H,33,38)(H2,31,32,37). The minimum Gasteiger partial charge on any atom is -0.460 e. The zero-order chi connectivity index (χ0) is 33.2. The smallest absolute Gasteiger partial charge is 0.460 e. The summed E-state index contributed by atoms with van der Waals surface area (Å²) in [6.07, 6.45) is 9.68. The molecule has 0 saturated heterocycles. The van der Waals surface area contributed by atoms with Crippen molar-refractivity contribution in [2.24, 2.45) is 0 Å². The molecule has 0 aromatic carbocycles. The Morgan fingerprint density at radius 2 is 1.05 bits per heavy atom. The highest BCUT2D eigenvalue weighted by molar-refractivity contribution is 6.60. The summed E-state index contributed by atoms with van der Waals surface area (Å²) in [4.78, 5) is 49.4. The van der Waals surface area contributed by atoms with Crippen molar-refractivity contribution in [2.45, 2.75) is 77.7 Å². The average Bonchev–Trinajstić information content (AvgIpc) is 3.00. The van der Waals surface area contributed by atoms with Gasteiger partial charge in [-0.1, -0.05) is 58.1 Å². The molecule has 0 atom stereocenters. The Bertz CT molecular complexity index is 876. The fraction of sp³-hybridized carbons (Fsp3) is 0.733. The molecule has 0 radical (unpaired) electrons. The molecule has 0 heterocycles. The number of rotatable bonds is 26. The van der Waals surface area contributed by atoms with Gasteiger partial charge in [0.05, 0.1) is 13.1 Å². The van der Waals surface area contributed by atoms with Gasteiger partial charge < -0.3 is 43.6 Å². The molecule has 4 amide bonds. The summed E-state index contributed by atoms with van der Waals surface area (Å²) in [5.74, 6) is -1.02. The van der Waals surface area contributed by atoms with Gasteiger partial charge in [0.25, 0.3) is 0 Å². The van der Waals surface area contributed by atoms with Crippen molar-refractivity contribution in [2.75, 3.05) is 67.3 Å². The van der Waals surface area contributed by atoms with Gasteiger partial charge in [-0.15, -0.1) is 0 Å². The second kappa shape index (κ2) is 25.4. The SMILES string of the molecule is C=C(C)C(=O)OCCNC(=O)NCCN(CCCCCCCCCCC[Si](OC)(OC)OC)C(=O)NCCOC(=O)C(=C)C. The molecule has 0 rings (SSSR count). The van der Waals surface area contributed by atoms with E-state index >= 15 is 0 Å². The molecule has 0 spiro atoms. The maximum atomic E-state index is 12.8. The van der Waals surface area contributed by atoms with Crippen LogP contribution >= 0.6 is 0 Å². The van der Waals surface area contributed by atoms with Gasteiger partial charge in [-0.25, -0.2) is 19.2 Å². The number of carbonyl (C=O) groups is 4. The third-order valence-corrected chi connectivity index (χ3v) is 9.56. The fourth-order valence-corrected chi connectivity index (χ4v) is 5.88. The molecule has 0 aliphatic heterocycles. The number of urea groups is 2. The summed E-state index contributed by atoms with van der Waals surface area (Å²) in [5, 5.41) is 8.06. The first-order valence-corrected chi connectivity index (χ1v) is 17.3. The maximum Gasteiger partial charge on any atom is 0.500 e. The number of nitrogens with one attached hydrogen (secondary N) is 3. The van der Waals surface area contributed by atoms with Gasteiger partial charge in [0.15, 0.2) is 0 Å². The number of hydrogen-bond donors (Lipinski definition) is 3. The van der Waals surface area contributed by atoms with Crippen molar-refractivity contribution in [1.82, 2.24) is 20.9 Å². The Kier molecular flexibility index (Phi) is 23.7. The molecular formula is C30H56N4O9Si. The lowest BCUT2D eigenvalue weighted by Gasteiger charge is -2.24. The summed E-state index contributed by atoms with van der Waals surface area (Å²) in [6, 6.07) is 0.0987. The zero-order valence-corrected chi connectivity index (χ0v) is 28.6. The van der Waals surface area contributed by atoms with Crippen molar-refractivity contribution in [3.63, 3.8) is 0 Å². The van der Waals surface area contributed by atoms with E-state index < -0.39 is 26.8 Å². The lowest BCUT2D eigenvalue weighted by atomic mass is 10.1. The number of ether oxygens (including phenoxy) is 2. The Hall–Kier alpha value is -2.94. The van der Waals surface area contributed by atoms with Crippen LogP contribution in [0.3, 0.4) is 0 Å². The molecule has 0 aliphatic rings. The van der Waals surface area contributed by atoms with Crippen LogP contribution in [0.1, 0.15) is 71.6 Å². The zero-order valence-electron chi connectivity index (χ0n) is 27.6. The summed E-state index contributed by atoms with van der Waals surface area (Å²) in [6.45, 7) is 11.6. The van der Waals surface area contributed by atoms with Gasteiger partial charge in [-0.05, 0) is 26.7 Å². The Morgan fingerprint density at radius 1 is 0.614 bits per heavy atom. The molecule has 254 valence electrons. The summed E-state index contributed by atoms with van der Waals surface area (Å²) in [5.41, 5.74) is 0.579. The van der Waals surface area contributed by atoms with E-state index in [0.29, 0.717) is 18.7 Å². The van der Waals surface area contributed by atoms with Crippen molar-refractivity contribution in [1.29, 1.82) is 0 Å². The number of carbonyl (C=O) groups excluding carboxylic acids is 4. The van der Waals surface area contributed by atoms with E-state index in [1.54, 1.807) is 40.1 Å². The molecule has 0 aliphatic carbocycles. The predicted octanol–water partition coefficient (Wildman–Crippen LogP) is 3.92. The van der Waals surface area contributed by atoms with Gasteiger partial charge in [0.1, 0.15) is 13.2 Å². The number of amides is 4. The van der Waals surface area contributed by atoms with E-state index in [-0.39, 0.29) is 44.5 Å². The molecule has 0 saturated carbocycles. The van der Waals surface area contributed by atoms with Gasteiger partial charge >= 0.3 is 32.8 Å². The highest BCUT2D eigenvalue weighted by atomic mass is 28.4. The van der Waals surface area contributed by atoms with E-state index in [9.17, 15) is 19.2 Å². The summed E-state index contributed by atoms with van der Waals surface area (Å²) < 4.78 is 26.4. The fourth-order valence-electron chi connectivity index (χ4n) is 4.09. The van der Waals surface area contributed by atoms with Crippen LogP contribution in [0.25, 0.3) is 0 Å². The van der Waals surface area contributed by atoms with Crippen molar-refractivity contribution < 1.29 is 41.9 Å². The lowest BCUT2D eigenvalue weighted by molar-refractivity contribution is -0.139. The van der Waals surface area contributed by atoms with Crippen LogP contribution in [-0.2, 0) is 32.3 Å². The van der Waals surface area contributed by atoms with E-state index in [2.05, 4.69) is 29.1 Å². The Morgan fingerprint density at radius 3 is 1.52 bits per heavy atom. The Labute approximate surface area is 264 Å². The monoisotopic (exact) mass is 644 g/mol. The highest BCUT2D eigenvalue weighted by Gasteiger charge is 2.36. The first-order valence-electron chi connectivity index (χ1n) is 15.4. The summed E-state index contributed by atoms with van der Waals surface area (Å²) >= 11 is 0. The minimum absolute atomic E-state index is 0.0305. The largest absolute Gasteiger partial charge is 0.500 e.